The minimum absolute atomic E-state index is 0.182. The smallest absolute Gasteiger partial charge is 0.411 e. The number of imidazole rings is 2. The molecule has 0 bridgehead atoms. The summed E-state index contributed by atoms with van der Waals surface area (Å²) in [5.74, 6) is 4.84. The highest BCUT2D eigenvalue weighted by Gasteiger charge is 2.35. The molecule has 1 unspecified atom stereocenters. The van der Waals surface area contributed by atoms with Gasteiger partial charge in [0.15, 0.2) is 11.5 Å². The van der Waals surface area contributed by atoms with Gasteiger partial charge in [0.05, 0.1) is 42.9 Å². The predicted octanol–water partition coefficient (Wildman–Crippen LogP) is 7.82. The van der Waals surface area contributed by atoms with Crippen LogP contribution in [-0.4, -0.2) is 88.8 Å². The topological polar surface area (TPSA) is 124 Å². The molecule has 12 heteroatoms. The van der Waals surface area contributed by atoms with Crippen LogP contribution in [0, 0.1) is 0 Å². The van der Waals surface area contributed by atoms with E-state index in [9.17, 15) is 4.79 Å². The van der Waals surface area contributed by atoms with Crippen LogP contribution in [0.4, 0.5) is 4.79 Å². The summed E-state index contributed by atoms with van der Waals surface area (Å²) in [6.07, 6.45) is 8.20. The Bertz CT molecular complexity index is 1690. The van der Waals surface area contributed by atoms with Crippen molar-refractivity contribution in [1.82, 2.24) is 24.8 Å². The molecule has 2 aromatic heterocycles. The van der Waals surface area contributed by atoms with Crippen molar-refractivity contribution in [2.75, 3.05) is 52.3 Å². The quantitative estimate of drug-likeness (QED) is 0.135. The third kappa shape index (κ3) is 8.25. The molecule has 1 aliphatic carbocycles. The number of carbonyl (C=O) groups is 1. The Morgan fingerprint density at radius 3 is 2.08 bits per heavy atom. The molecule has 3 heterocycles. The number of amides is 1. The van der Waals surface area contributed by atoms with E-state index >= 15 is 0 Å². The van der Waals surface area contributed by atoms with Gasteiger partial charge in [0.1, 0.15) is 36.5 Å². The van der Waals surface area contributed by atoms with Crippen molar-refractivity contribution in [2.45, 2.75) is 64.0 Å². The lowest BCUT2D eigenvalue weighted by Gasteiger charge is -2.27. The maximum absolute atomic E-state index is 12.9. The standard InChI is InChI=1S/C37H47N5O6S/c1-37(2,3)48-36(43)42-23-49-22-31(42)35-39-20-29(40-35)25-12-10-24(11-13-25)27-14-15-28(30-21-38-34(41-30)26-8-6-7-9-26)33(47-19-17-45-5)32(27)46-18-16-44-4/h10-15,20-21,26,31H,6-9,16-19,22-23H2,1-5H3,(H,38,41)(H,39,40). The molecule has 0 spiro atoms. The Morgan fingerprint density at radius 1 is 0.816 bits per heavy atom. The number of nitrogens with one attached hydrogen (secondary N) is 2. The van der Waals surface area contributed by atoms with Gasteiger partial charge in [-0.3, -0.25) is 4.90 Å². The summed E-state index contributed by atoms with van der Waals surface area (Å²) < 4.78 is 29.1. The molecule has 1 atom stereocenters. The number of ether oxygens (including phenoxy) is 5. The van der Waals surface area contributed by atoms with Crippen molar-refractivity contribution >= 4 is 17.9 Å². The molecule has 2 N–H and O–H groups in total. The lowest BCUT2D eigenvalue weighted by atomic mass is 9.98. The van der Waals surface area contributed by atoms with Gasteiger partial charge in [0.25, 0.3) is 0 Å². The van der Waals surface area contributed by atoms with E-state index in [1.54, 1.807) is 30.9 Å². The zero-order valence-corrected chi connectivity index (χ0v) is 29.9. The number of hydrogen-bond donors (Lipinski definition) is 2. The molecule has 1 saturated heterocycles. The highest BCUT2D eigenvalue weighted by molar-refractivity contribution is 7.99. The molecule has 2 aliphatic rings. The van der Waals surface area contributed by atoms with Gasteiger partial charge in [-0.15, -0.1) is 11.8 Å². The second kappa shape index (κ2) is 15.7. The van der Waals surface area contributed by atoms with Crippen LogP contribution in [0.2, 0.25) is 0 Å². The third-order valence-corrected chi connectivity index (χ3v) is 9.75. The van der Waals surface area contributed by atoms with Gasteiger partial charge in [-0.05, 0) is 56.9 Å². The van der Waals surface area contributed by atoms with Crippen LogP contribution in [-0.2, 0) is 14.2 Å². The molecular formula is C37H47N5O6S. The summed E-state index contributed by atoms with van der Waals surface area (Å²) in [5, 5.41) is 0. The first kappa shape index (κ1) is 34.8. The van der Waals surface area contributed by atoms with E-state index in [0.29, 0.717) is 49.7 Å². The van der Waals surface area contributed by atoms with Crippen molar-refractivity contribution in [3.8, 4) is 45.1 Å². The first-order valence-corrected chi connectivity index (χ1v) is 18.1. The van der Waals surface area contributed by atoms with Gasteiger partial charge < -0.3 is 33.7 Å². The molecule has 1 saturated carbocycles. The Morgan fingerprint density at radius 2 is 1.41 bits per heavy atom. The molecule has 1 aliphatic heterocycles. The third-order valence-electron chi connectivity index (χ3n) is 8.74. The van der Waals surface area contributed by atoms with Gasteiger partial charge in [-0.2, -0.15) is 0 Å². The minimum atomic E-state index is -0.561. The number of nitrogens with zero attached hydrogens (tertiary/aromatic N) is 3. The summed E-state index contributed by atoms with van der Waals surface area (Å²) in [6, 6.07) is 12.2. The maximum Gasteiger partial charge on any atom is 0.411 e. The SMILES string of the molecule is COCCOc1c(-c2ccc(-c3cnc(C4CSCN4C(=O)OC(C)(C)C)[nH]3)cc2)ccc(-c2cnc(C3CCCC3)[nH]2)c1OCCOC. The second-order valence-electron chi connectivity index (χ2n) is 13.4. The Kier molecular flexibility index (Phi) is 11.2. The van der Waals surface area contributed by atoms with Gasteiger partial charge in [-0.25, -0.2) is 14.8 Å². The zero-order chi connectivity index (χ0) is 34.4. The summed E-state index contributed by atoms with van der Waals surface area (Å²) in [5.41, 5.74) is 4.94. The lowest BCUT2D eigenvalue weighted by molar-refractivity contribution is 0.0233. The molecule has 49 heavy (non-hydrogen) atoms. The number of hydrogen-bond acceptors (Lipinski definition) is 9. The summed E-state index contributed by atoms with van der Waals surface area (Å²) in [4.78, 5) is 31.1. The van der Waals surface area contributed by atoms with Crippen LogP contribution >= 0.6 is 11.8 Å². The molecule has 262 valence electrons. The largest absolute Gasteiger partial charge is 0.487 e. The Labute approximate surface area is 292 Å². The number of methoxy groups -OCH3 is 2. The number of H-pyrrole nitrogens is 2. The molecule has 4 aromatic rings. The number of aromatic nitrogens is 4. The highest BCUT2D eigenvalue weighted by Crippen LogP contribution is 2.46. The van der Waals surface area contributed by atoms with E-state index < -0.39 is 5.60 Å². The van der Waals surface area contributed by atoms with Crippen molar-refractivity contribution in [1.29, 1.82) is 0 Å². The first-order chi connectivity index (χ1) is 23.8. The van der Waals surface area contributed by atoms with Crippen LogP contribution in [0.5, 0.6) is 11.5 Å². The summed E-state index contributed by atoms with van der Waals surface area (Å²) in [6.45, 7) is 7.23. The number of carbonyl (C=O) groups excluding carboxylic acids is 1. The molecule has 2 fully saturated rings. The van der Waals surface area contributed by atoms with Crippen molar-refractivity contribution in [2.24, 2.45) is 0 Å². The molecule has 1 amide bonds. The van der Waals surface area contributed by atoms with E-state index in [0.717, 1.165) is 63.9 Å². The fourth-order valence-electron chi connectivity index (χ4n) is 6.27. The van der Waals surface area contributed by atoms with Crippen molar-refractivity contribution in [3.05, 3.63) is 60.4 Å². The normalized spacial score (nSPS) is 16.8. The van der Waals surface area contributed by atoms with Crippen LogP contribution in [0.15, 0.2) is 48.8 Å². The van der Waals surface area contributed by atoms with Crippen LogP contribution in [0.1, 0.15) is 70.1 Å². The molecule has 0 radical (unpaired) electrons. The predicted molar refractivity (Wildman–Crippen MR) is 191 cm³/mol. The summed E-state index contributed by atoms with van der Waals surface area (Å²) in [7, 11) is 3.32. The Hall–Kier alpha value is -4.00. The number of aromatic amines is 2. The fraction of sp³-hybridized carbons (Fsp3) is 0.486. The summed E-state index contributed by atoms with van der Waals surface area (Å²) >= 11 is 1.69. The molecule has 6 rings (SSSR count). The number of benzene rings is 2. The van der Waals surface area contributed by atoms with Gasteiger partial charge in [0, 0.05) is 37.0 Å². The first-order valence-electron chi connectivity index (χ1n) is 16.9. The molecule has 11 nitrogen and oxygen atoms in total. The molecule has 2 aromatic carbocycles. The van der Waals surface area contributed by atoms with E-state index in [2.05, 4.69) is 51.4 Å². The van der Waals surface area contributed by atoms with Gasteiger partial charge in [-0.1, -0.05) is 37.1 Å². The van der Waals surface area contributed by atoms with Crippen molar-refractivity contribution < 1.29 is 28.5 Å². The van der Waals surface area contributed by atoms with E-state index in [1.807, 2.05) is 33.2 Å². The highest BCUT2D eigenvalue weighted by atomic mass is 32.2. The van der Waals surface area contributed by atoms with Crippen LogP contribution in [0.3, 0.4) is 0 Å². The van der Waals surface area contributed by atoms with E-state index in [-0.39, 0.29) is 12.1 Å². The molecular weight excluding hydrogens is 643 g/mol. The van der Waals surface area contributed by atoms with E-state index in [4.69, 9.17) is 28.7 Å². The van der Waals surface area contributed by atoms with Gasteiger partial charge >= 0.3 is 6.09 Å². The van der Waals surface area contributed by atoms with Crippen molar-refractivity contribution in [3.63, 3.8) is 0 Å². The Balaban J connectivity index is 1.29. The van der Waals surface area contributed by atoms with Gasteiger partial charge in [0.2, 0.25) is 0 Å². The lowest BCUT2D eigenvalue weighted by Crippen LogP contribution is -2.37. The average Bonchev–Trinajstić information content (AvgIpc) is 3.91. The second-order valence-corrected chi connectivity index (χ2v) is 14.4. The number of rotatable bonds is 13. The average molecular weight is 690 g/mol. The van der Waals surface area contributed by atoms with E-state index in [1.165, 1.54) is 12.8 Å². The zero-order valence-electron chi connectivity index (χ0n) is 29.0. The monoisotopic (exact) mass is 689 g/mol. The number of thioether (sulfide) groups is 1. The minimum Gasteiger partial charge on any atom is -0.487 e. The van der Waals surface area contributed by atoms with Crippen LogP contribution in [0.25, 0.3) is 33.6 Å². The van der Waals surface area contributed by atoms with Crippen LogP contribution < -0.4 is 9.47 Å². The maximum atomic E-state index is 12.9. The fourth-order valence-corrected chi connectivity index (χ4v) is 7.42.